The lowest BCUT2D eigenvalue weighted by Crippen LogP contribution is -2.41. The van der Waals surface area contributed by atoms with E-state index in [1.54, 1.807) is 13.0 Å². The highest BCUT2D eigenvalue weighted by atomic mass is 35.5. The van der Waals surface area contributed by atoms with Gasteiger partial charge in [-0.1, -0.05) is 6.07 Å². The number of hydrogen-bond donors (Lipinski definition) is 2. The Labute approximate surface area is 123 Å². The first-order valence-electron chi connectivity index (χ1n) is 6.29. The van der Waals surface area contributed by atoms with Crippen molar-refractivity contribution >= 4 is 24.0 Å². The zero-order chi connectivity index (χ0) is 14.0. The first-order valence-corrected chi connectivity index (χ1v) is 6.29. The minimum absolute atomic E-state index is 0. The van der Waals surface area contributed by atoms with Gasteiger partial charge in [0, 0.05) is 30.3 Å². The molecule has 0 saturated heterocycles. The number of carbonyl (C=O) groups is 1. The SMILES string of the molecule is Cc1ccc([N+](=O)[O-])cc1C(=O)NC(CN)C1CC1.Cl. The number of rotatable bonds is 5. The molecule has 1 aromatic carbocycles. The normalized spacial score (nSPS) is 15.1. The third-order valence-corrected chi connectivity index (χ3v) is 3.44. The molecule has 0 heterocycles. The van der Waals surface area contributed by atoms with E-state index in [1.165, 1.54) is 12.1 Å². The molecule has 0 aliphatic heterocycles. The van der Waals surface area contributed by atoms with E-state index in [2.05, 4.69) is 5.32 Å². The number of aryl methyl sites for hydroxylation is 1. The summed E-state index contributed by atoms with van der Waals surface area (Å²) in [7, 11) is 0. The minimum atomic E-state index is -0.502. The van der Waals surface area contributed by atoms with Gasteiger partial charge in [-0.05, 0) is 31.2 Å². The summed E-state index contributed by atoms with van der Waals surface area (Å²) in [5.74, 6) is 0.163. The highest BCUT2D eigenvalue weighted by Crippen LogP contribution is 2.32. The van der Waals surface area contributed by atoms with Crippen LogP contribution in [0, 0.1) is 23.0 Å². The van der Waals surface area contributed by atoms with E-state index in [1.807, 2.05) is 0 Å². The third kappa shape index (κ3) is 3.68. The Morgan fingerprint density at radius 3 is 2.70 bits per heavy atom. The number of carbonyl (C=O) groups excluding carboxylic acids is 1. The van der Waals surface area contributed by atoms with E-state index in [-0.39, 0.29) is 30.0 Å². The molecule has 7 heteroatoms. The van der Waals surface area contributed by atoms with Gasteiger partial charge in [0.15, 0.2) is 0 Å². The third-order valence-electron chi connectivity index (χ3n) is 3.44. The highest BCUT2D eigenvalue weighted by molar-refractivity contribution is 5.96. The van der Waals surface area contributed by atoms with Gasteiger partial charge in [-0.2, -0.15) is 0 Å². The van der Waals surface area contributed by atoms with Crippen LogP contribution in [0.5, 0.6) is 0 Å². The fourth-order valence-corrected chi connectivity index (χ4v) is 2.08. The van der Waals surface area contributed by atoms with Crippen molar-refractivity contribution < 1.29 is 9.72 Å². The summed E-state index contributed by atoms with van der Waals surface area (Å²) in [5.41, 5.74) is 6.61. The lowest BCUT2D eigenvalue weighted by atomic mass is 10.1. The monoisotopic (exact) mass is 299 g/mol. The Hall–Kier alpha value is -1.66. The number of halogens is 1. The number of nitrogens with one attached hydrogen (secondary N) is 1. The van der Waals surface area contributed by atoms with Gasteiger partial charge in [0.25, 0.3) is 11.6 Å². The molecule has 1 amide bonds. The number of nitro groups is 1. The average Bonchev–Trinajstić information content (AvgIpc) is 3.20. The molecule has 20 heavy (non-hydrogen) atoms. The quantitative estimate of drug-likeness (QED) is 0.639. The molecule has 1 atom stereocenters. The molecule has 1 aliphatic rings. The van der Waals surface area contributed by atoms with Crippen LogP contribution in [0.15, 0.2) is 18.2 Å². The van der Waals surface area contributed by atoms with Gasteiger partial charge in [-0.15, -0.1) is 12.4 Å². The van der Waals surface area contributed by atoms with Crippen LogP contribution >= 0.6 is 12.4 Å². The van der Waals surface area contributed by atoms with Crippen molar-refractivity contribution in [1.82, 2.24) is 5.32 Å². The molecule has 2 rings (SSSR count). The molecule has 110 valence electrons. The summed E-state index contributed by atoms with van der Waals surface area (Å²) >= 11 is 0. The van der Waals surface area contributed by atoms with E-state index in [0.717, 1.165) is 18.4 Å². The van der Waals surface area contributed by atoms with Crippen LogP contribution < -0.4 is 11.1 Å². The highest BCUT2D eigenvalue weighted by Gasteiger charge is 2.31. The summed E-state index contributed by atoms with van der Waals surface area (Å²) < 4.78 is 0. The van der Waals surface area contributed by atoms with Crippen molar-refractivity contribution in [2.24, 2.45) is 11.7 Å². The topological polar surface area (TPSA) is 98.3 Å². The average molecular weight is 300 g/mol. The lowest BCUT2D eigenvalue weighted by molar-refractivity contribution is -0.384. The van der Waals surface area contributed by atoms with E-state index in [4.69, 9.17) is 5.73 Å². The van der Waals surface area contributed by atoms with Crippen LogP contribution in [0.25, 0.3) is 0 Å². The molecule has 0 bridgehead atoms. The summed E-state index contributed by atoms with van der Waals surface area (Å²) in [6, 6.07) is 4.26. The number of nitrogens with zero attached hydrogens (tertiary/aromatic N) is 1. The van der Waals surface area contributed by atoms with E-state index < -0.39 is 4.92 Å². The maximum Gasteiger partial charge on any atom is 0.270 e. The molecule has 1 unspecified atom stereocenters. The molecule has 0 radical (unpaired) electrons. The Bertz CT molecular complexity index is 518. The zero-order valence-electron chi connectivity index (χ0n) is 11.2. The van der Waals surface area contributed by atoms with Gasteiger partial charge in [0.1, 0.15) is 0 Å². The van der Waals surface area contributed by atoms with Gasteiger partial charge in [0.05, 0.1) is 4.92 Å². The van der Waals surface area contributed by atoms with Gasteiger partial charge < -0.3 is 11.1 Å². The second-order valence-corrected chi connectivity index (χ2v) is 4.91. The van der Waals surface area contributed by atoms with Crippen LogP contribution in [0.2, 0.25) is 0 Å². The lowest BCUT2D eigenvalue weighted by Gasteiger charge is -2.16. The van der Waals surface area contributed by atoms with Gasteiger partial charge in [-0.3, -0.25) is 14.9 Å². The van der Waals surface area contributed by atoms with E-state index >= 15 is 0 Å². The number of nitrogens with two attached hydrogens (primary N) is 1. The molecular formula is C13H18ClN3O3. The number of nitro benzene ring substituents is 1. The van der Waals surface area contributed by atoms with Crippen molar-refractivity contribution in [3.8, 4) is 0 Å². The summed E-state index contributed by atoms with van der Waals surface area (Å²) in [5, 5.41) is 13.6. The number of non-ortho nitro benzene ring substituents is 1. The van der Waals surface area contributed by atoms with Crippen molar-refractivity contribution in [3.63, 3.8) is 0 Å². The first kappa shape index (κ1) is 16.4. The molecule has 1 aromatic rings. The van der Waals surface area contributed by atoms with Gasteiger partial charge >= 0.3 is 0 Å². The largest absolute Gasteiger partial charge is 0.348 e. The van der Waals surface area contributed by atoms with E-state index in [0.29, 0.717) is 18.0 Å². The van der Waals surface area contributed by atoms with Crippen molar-refractivity contribution in [2.45, 2.75) is 25.8 Å². The Morgan fingerprint density at radius 1 is 1.55 bits per heavy atom. The Balaban J connectivity index is 0.00000200. The second-order valence-electron chi connectivity index (χ2n) is 4.91. The van der Waals surface area contributed by atoms with Crippen LogP contribution in [-0.2, 0) is 0 Å². The van der Waals surface area contributed by atoms with Crippen molar-refractivity contribution in [1.29, 1.82) is 0 Å². The van der Waals surface area contributed by atoms with Crippen LogP contribution in [0.3, 0.4) is 0 Å². The summed E-state index contributed by atoms with van der Waals surface area (Å²) in [6.45, 7) is 2.15. The van der Waals surface area contributed by atoms with Crippen molar-refractivity contribution in [3.05, 3.63) is 39.4 Å². The zero-order valence-corrected chi connectivity index (χ0v) is 12.0. The second kappa shape index (κ2) is 6.67. The predicted octanol–water partition coefficient (Wildman–Crippen LogP) is 1.79. The standard InChI is InChI=1S/C13H17N3O3.ClH/c1-8-2-5-10(16(18)19)6-11(8)13(17)15-12(7-14)9-3-4-9;/h2,5-6,9,12H,3-4,7,14H2,1H3,(H,15,17);1H. The fraction of sp³-hybridized carbons (Fsp3) is 0.462. The van der Waals surface area contributed by atoms with Crippen LogP contribution in [0.1, 0.15) is 28.8 Å². The predicted molar refractivity (Wildman–Crippen MR) is 78.1 cm³/mol. The molecule has 0 spiro atoms. The van der Waals surface area contributed by atoms with Gasteiger partial charge in [-0.25, -0.2) is 0 Å². The smallest absolute Gasteiger partial charge is 0.270 e. The number of benzene rings is 1. The molecule has 3 N–H and O–H groups in total. The molecule has 1 aliphatic carbocycles. The van der Waals surface area contributed by atoms with Crippen LogP contribution in [0.4, 0.5) is 5.69 Å². The van der Waals surface area contributed by atoms with Crippen LogP contribution in [-0.4, -0.2) is 23.4 Å². The van der Waals surface area contributed by atoms with Gasteiger partial charge in [0.2, 0.25) is 0 Å². The maximum absolute atomic E-state index is 12.2. The maximum atomic E-state index is 12.2. The summed E-state index contributed by atoms with van der Waals surface area (Å²) in [4.78, 5) is 22.4. The molecule has 6 nitrogen and oxygen atoms in total. The first-order chi connectivity index (χ1) is 9.02. The minimum Gasteiger partial charge on any atom is -0.348 e. The Kier molecular flexibility index (Phi) is 5.47. The van der Waals surface area contributed by atoms with Crippen molar-refractivity contribution in [2.75, 3.05) is 6.54 Å². The molecule has 1 saturated carbocycles. The molecule has 0 aromatic heterocycles. The Morgan fingerprint density at radius 2 is 2.20 bits per heavy atom. The summed E-state index contributed by atoms with van der Waals surface area (Å²) in [6.07, 6.45) is 2.16. The molecule has 1 fully saturated rings. The fourth-order valence-electron chi connectivity index (χ4n) is 2.08. The molecular weight excluding hydrogens is 282 g/mol. The number of hydrogen-bond acceptors (Lipinski definition) is 4. The van der Waals surface area contributed by atoms with E-state index in [9.17, 15) is 14.9 Å². The number of amides is 1.